The maximum absolute atomic E-state index is 12.0. The van der Waals surface area contributed by atoms with Crippen LogP contribution in [0.3, 0.4) is 0 Å². The maximum atomic E-state index is 12.0. The van der Waals surface area contributed by atoms with Gasteiger partial charge in [-0.15, -0.1) is 0 Å². The Bertz CT molecular complexity index is 627. The fraction of sp³-hybridized carbons (Fsp3) is 0.800. The highest BCUT2D eigenvalue weighted by molar-refractivity contribution is 5.91. The van der Waals surface area contributed by atoms with Crippen LogP contribution in [0.5, 0.6) is 0 Å². The molecule has 0 aromatic heterocycles. The molecule has 0 aromatic rings. The van der Waals surface area contributed by atoms with Gasteiger partial charge >= 0.3 is 23.9 Å². The predicted molar refractivity (Wildman–Crippen MR) is 101 cm³/mol. The molecule has 12 heteroatoms. The smallest absolute Gasteiger partial charge is 0.317 e. The monoisotopic (exact) mass is 460 g/mol. The number of esters is 4. The number of ether oxygens (including phenoxy) is 8. The molecule has 0 spiro atoms. The van der Waals surface area contributed by atoms with Gasteiger partial charge in [0, 0.05) is 0 Å². The summed E-state index contributed by atoms with van der Waals surface area (Å²) in [4.78, 5) is 48.1. The van der Waals surface area contributed by atoms with E-state index in [-0.39, 0.29) is 26.4 Å². The zero-order valence-electron chi connectivity index (χ0n) is 18.5. The van der Waals surface area contributed by atoms with E-state index in [1.54, 1.807) is 27.7 Å². The van der Waals surface area contributed by atoms with Crippen molar-refractivity contribution in [2.24, 2.45) is 0 Å². The van der Waals surface area contributed by atoms with Crippen molar-refractivity contribution in [3.8, 4) is 0 Å². The highest BCUT2D eigenvalue weighted by atomic mass is 16.8. The number of cyclic esters (lactones) is 4. The number of hydrogen-bond donors (Lipinski definition) is 0. The number of hydrogen-bond acceptors (Lipinski definition) is 12. The van der Waals surface area contributed by atoms with Crippen molar-refractivity contribution in [2.75, 3.05) is 26.4 Å². The van der Waals surface area contributed by atoms with E-state index >= 15 is 0 Å². The molecule has 32 heavy (non-hydrogen) atoms. The van der Waals surface area contributed by atoms with Crippen LogP contribution in [0.2, 0.25) is 0 Å². The van der Waals surface area contributed by atoms with Gasteiger partial charge in [-0.25, -0.2) is 0 Å². The average Bonchev–Trinajstić information content (AvgIpc) is 3.14. The minimum absolute atomic E-state index is 0.227. The number of carbonyl (C=O) groups excluding carboxylic acids is 4. The molecule has 3 fully saturated rings. The van der Waals surface area contributed by atoms with Crippen LogP contribution < -0.4 is 0 Å². The van der Waals surface area contributed by atoms with Crippen LogP contribution in [-0.2, 0) is 57.1 Å². The first-order valence-corrected chi connectivity index (χ1v) is 10.3. The zero-order chi connectivity index (χ0) is 23.5. The van der Waals surface area contributed by atoms with Gasteiger partial charge in [0.1, 0.15) is 63.7 Å². The van der Waals surface area contributed by atoms with Gasteiger partial charge in [-0.3, -0.25) is 19.2 Å². The molecule has 0 N–H and O–H groups in total. The largest absolute Gasteiger partial charge is 0.462 e. The lowest BCUT2D eigenvalue weighted by molar-refractivity contribution is -0.169. The van der Waals surface area contributed by atoms with Gasteiger partial charge < -0.3 is 37.9 Å². The molecule has 3 aliphatic rings. The number of fused-ring (bicyclic) bond motifs is 2. The summed E-state index contributed by atoms with van der Waals surface area (Å²) >= 11 is 0. The van der Waals surface area contributed by atoms with Crippen molar-refractivity contribution in [1.29, 1.82) is 0 Å². The molecule has 0 aliphatic carbocycles. The van der Waals surface area contributed by atoms with Crippen molar-refractivity contribution in [1.82, 2.24) is 0 Å². The lowest BCUT2D eigenvalue weighted by Gasteiger charge is -2.18. The predicted octanol–water partition coefficient (Wildman–Crippen LogP) is -0.00680. The molecule has 12 nitrogen and oxygen atoms in total. The third kappa shape index (κ3) is 6.86. The topological polar surface area (TPSA) is 142 Å². The van der Waals surface area contributed by atoms with Gasteiger partial charge in [-0.05, 0) is 27.7 Å². The van der Waals surface area contributed by atoms with E-state index in [1.165, 1.54) is 0 Å². The summed E-state index contributed by atoms with van der Waals surface area (Å²) in [6, 6.07) is 0. The molecule has 3 rings (SSSR count). The Morgan fingerprint density at radius 2 is 0.719 bits per heavy atom. The van der Waals surface area contributed by atoms with Gasteiger partial charge in [0.05, 0.1) is 0 Å². The zero-order valence-corrected chi connectivity index (χ0v) is 18.5. The summed E-state index contributed by atoms with van der Waals surface area (Å²) in [5.74, 6) is -5.25. The summed E-state index contributed by atoms with van der Waals surface area (Å²) in [5, 5.41) is 0. The van der Waals surface area contributed by atoms with Crippen LogP contribution in [0.4, 0.5) is 0 Å². The molecule has 0 amide bonds. The van der Waals surface area contributed by atoms with E-state index in [9.17, 15) is 19.2 Å². The molecule has 0 bridgehead atoms. The molecule has 3 heterocycles. The Balaban J connectivity index is 1.67. The highest BCUT2D eigenvalue weighted by Gasteiger charge is 2.44. The van der Waals surface area contributed by atoms with Crippen molar-refractivity contribution in [3.05, 3.63) is 0 Å². The summed E-state index contributed by atoms with van der Waals surface area (Å²) in [6.45, 7) is 5.69. The fourth-order valence-corrected chi connectivity index (χ4v) is 3.52. The molecule has 0 unspecified atom stereocenters. The van der Waals surface area contributed by atoms with Gasteiger partial charge in [0.25, 0.3) is 0 Å². The van der Waals surface area contributed by atoms with Crippen molar-refractivity contribution in [2.45, 2.75) is 76.5 Å². The van der Waals surface area contributed by atoms with E-state index in [1.807, 2.05) is 0 Å². The van der Waals surface area contributed by atoms with E-state index < -0.39 is 72.7 Å². The maximum Gasteiger partial charge on any atom is 0.317 e. The van der Waals surface area contributed by atoms with Crippen LogP contribution in [0.15, 0.2) is 0 Å². The second-order valence-corrected chi connectivity index (χ2v) is 8.51. The number of rotatable bonds is 0. The molecule has 0 saturated carbocycles. The SMILES string of the molecule is CC1(C)O[C@H]2COC(=O)CC(=O)OC[C@@H]3OC(C)(C)O[C@H]3COC(=O)CC(=O)OC[C@@H]2O1. The standard InChI is InChI=1S/C20H28O12/c1-19(2)29-11-7-25-15(21)5-17(23)27-9-13-14(32-20(3,4)31-13)10-28-18(24)6-16(22)26-8-12(11)30-19/h11-14H,5-10H2,1-4H3/t11-,12-,13-,14-/m0/s1. The first-order chi connectivity index (χ1) is 14.9. The minimum atomic E-state index is -1.00. The summed E-state index contributed by atoms with van der Waals surface area (Å²) in [6.07, 6.45) is -4.20. The minimum Gasteiger partial charge on any atom is -0.462 e. The Hall–Kier alpha value is -2.28. The van der Waals surface area contributed by atoms with Gasteiger partial charge in [0.15, 0.2) is 11.6 Å². The van der Waals surface area contributed by atoms with Crippen LogP contribution >= 0.6 is 0 Å². The quantitative estimate of drug-likeness (QED) is 0.273. The molecule has 180 valence electrons. The Morgan fingerprint density at radius 3 is 0.938 bits per heavy atom. The third-order valence-corrected chi connectivity index (χ3v) is 4.78. The second-order valence-electron chi connectivity index (χ2n) is 8.51. The van der Waals surface area contributed by atoms with E-state index in [2.05, 4.69) is 0 Å². The normalized spacial score (nSPS) is 34.1. The average molecular weight is 460 g/mol. The fourth-order valence-electron chi connectivity index (χ4n) is 3.52. The molecule has 4 atom stereocenters. The molecular weight excluding hydrogens is 432 g/mol. The van der Waals surface area contributed by atoms with Crippen molar-refractivity contribution in [3.63, 3.8) is 0 Å². The molecular formula is C20H28O12. The lowest BCUT2D eigenvalue weighted by Crippen LogP contribution is -2.35. The molecule has 3 aliphatic heterocycles. The van der Waals surface area contributed by atoms with Crippen LogP contribution in [0.25, 0.3) is 0 Å². The van der Waals surface area contributed by atoms with Gasteiger partial charge in [-0.2, -0.15) is 0 Å². The number of carbonyl (C=O) groups is 4. The summed E-state index contributed by atoms with van der Waals surface area (Å²) < 4.78 is 43.1. The van der Waals surface area contributed by atoms with Crippen LogP contribution in [0.1, 0.15) is 40.5 Å². The molecule has 0 aromatic carbocycles. The Kier molecular flexibility index (Phi) is 7.38. The van der Waals surface area contributed by atoms with Crippen molar-refractivity contribution >= 4 is 23.9 Å². The third-order valence-electron chi connectivity index (χ3n) is 4.78. The van der Waals surface area contributed by atoms with E-state index in [0.717, 1.165) is 0 Å². The molecule has 0 radical (unpaired) electrons. The summed E-state index contributed by atoms with van der Waals surface area (Å²) in [5.41, 5.74) is 0. The van der Waals surface area contributed by atoms with E-state index in [4.69, 9.17) is 37.9 Å². The second kappa shape index (κ2) is 9.69. The first-order valence-electron chi connectivity index (χ1n) is 10.3. The first kappa shape index (κ1) is 24.4. The van der Waals surface area contributed by atoms with E-state index in [0.29, 0.717) is 0 Å². The Labute approximate surface area is 184 Å². The Morgan fingerprint density at radius 1 is 0.500 bits per heavy atom. The molecule has 3 saturated heterocycles. The van der Waals surface area contributed by atoms with Gasteiger partial charge in [0.2, 0.25) is 0 Å². The van der Waals surface area contributed by atoms with Crippen LogP contribution in [0, 0.1) is 0 Å². The van der Waals surface area contributed by atoms with Gasteiger partial charge in [-0.1, -0.05) is 0 Å². The van der Waals surface area contributed by atoms with Crippen LogP contribution in [-0.4, -0.2) is 86.3 Å². The lowest BCUT2D eigenvalue weighted by atomic mass is 10.2. The van der Waals surface area contributed by atoms with Crippen molar-refractivity contribution < 1.29 is 57.1 Å². The highest BCUT2D eigenvalue weighted by Crippen LogP contribution is 2.30. The summed E-state index contributed by atoms with van der Waals surface area (Å²) in [7, 11) is 0.